The molecule has 0 rings (SSSR count). The van der Waals surface area contributed by atoms with Crippen LogP contribution in [0.15, 0.2) is 0 Å². The molecule has 4 heteroatoms. The Morgan fingerprint density at radius 3 is 1.38 bits per heavy atom. The lowest BCUT2D eigenvalue weighted by Gasteiger charge is -2.02. The molecule has 0 heterocycles. The number of unbranched alkanes of at least 4 members (excludes halogenated alkanes) is 8. The minimum Gasteiger partial charge on any atom is -0.465 e. The Morgan fingerprint density at radius 2 is 1.00 bits per heavy atom. The molecule has 4 nitrogen and oxygen atoms in total. The Kier molecular flexibility index (Phi) is 16.7. The molecule has 0 aromatic heterocycles. The molecule has 0 unspecified atom stereocenters. The van der Waals surface area contributed by atoms with Gasteiger partial charge in [0.15, 0.2) is 0 Å². The summed E-state index contributed by atoms with van der Waals surface area (Å²) in [5.74, 6) is 4.71. The Labute approximate surface area is 147 Å². The largest absolute Gasteiger partial charge is 0.465 e. The number of hydrogen-bond acceptors (Lipinski definition) is 4. The van der Waals surface area contributed by atoms with Gasteiger partial charge in [0, 0.05) is 0 Å². The van der Waals surface area contributed by atoms with Crippen LogP contribution in [0.4, 0.5) is 0 Å². The predicted molar refractivity (Wildman–Crippen MR) is 96.4 cm³/mol. The van der Waals surface area contributed by atoms with Crippen LogP contribution in [-0.4, -0.2) is 25.2 Å². The molecule has 0 spiro atoms. The van der Waals surface area contributed by atoms with Gasteiger partial charge in [-0.05, 0) is 12.8 Å². The molecule has 0 aliphatic rings. The first-order valence-corrected chi connectivity index (χ1v) is 9.47. The topological polar surface area (TPSA) is 52.6 Å². The van der Waals surface area contributed by atoms with Gasteiger partial charge in [0.2, 0.25) is 0 Å². The minimum absolute atomic E-state index is 0.0409. The summed E-state index contributed by atoms with van der Waals surface area (Å²) >= 11 is 0. The first-order chi connectivity index (χ1) is 11.7. The molecule has 0 bridgehead atoms. The van der Waals surface area contributed by atoms with Crippen molar-refractivity contribution in [3.63, 3.8) is 0 Å². The highest BCUT2D eigenvalue weighted by Crippen LogP contribution is 2.03. The van der Waals surface area contributed by atoms with E-state index >= 15 is 0 Å². The van der Waals surface area contributed by atoms with E-state index in [-0.39, 0.29) is 24.8 Å². The fraction of sp³-hybridized carbons (Fsp3) is 0.800. The fourth-order valence-corrected chi connectivity index (χ4v) is 2.15. The second-order valence-corrected chi connectivity index (χ2v) is 5.98. The fourth-order valence-electron chi connectivity index (χ4n) is 2.15. The van der Waals surface area contributed by atoms with Crippen LogP contribution in [0.2, 0.25) is 0 Å². The van der Waals surface area contributed by atoms with E-state index in [0.717, 1.165) is 25.7 Å². The second-order valence-electron chi connectivity index (χ2n) is 5.98. The van der Waals surface area contributed by atoms with Crippen LogP contribution in [0.25, 0.3) is 0 Å². The van der Waals surface area contributed by atoms with Gasteiger partial charge < -0.3 is 9.47 Å². The lowest BCUT2D eigenvalue weighted by Crippen LogP contribution is -2.06. The van der Waals surface area contributed by atoms with E-state index in [1.807, 2.05) is 0 Å². The van der Waals surface area contributed by atoms with Gasteiger partial charge >= 0.3 is 11.9 Å². The van der Waals surface area contributed by atoms with Crippen LogP contribution in [0.3, 0.4) is 0 Å². The van der Waals surface area contributed by atoms with Crippen LogP contribution < -0.4 is 0 Å². The molecule has 24 heavy (non-hydrogen) atoms. The third-order valence-electron chi connectivity index (χ3n) is 3.61. The molecule has 0 fully saturated rings. The zero-order valence-electron chi connectivity index (χ0n) is 15.5. The third kappa shape index (κ3) is 16.9. The minimum atomic E-state index is -0.317. The number of hydrogen-bond donors (Lipinski definition) is 0. The summed E-state index contributed by atoms with van der Waals surface area (Å²) in [6, 6.07) is 0. The van der Waals surface area contributed by atoms with E-state index in [1.54, 1.807) is 0 Å². The smallest absolute Gasteiger partial charge is 0.317 e. The maximum absolute atomic E-state index is 11.4. The van der Waals surface area contributed by atoms with Crippen LogP contribution in [0.1, 0.15) is 90.9 Å². The summed E-state index contributed by atoms with van der Waals surface area (Å²) in [7, 11) is 0. The third-order valence-corrected chi connectivity index (χ3v) is 3.61. The lowest BCUT2D eigenvalue weighted by atomic mass is 10.2. The van der Waals surface area contributed by atoms with Crippen molar-refractivity contribution < 1.29 is 19.1 Å². The second kappa shape index (κ2) is 17.8. The number of rotatable bonds is 14. The highest BCUT2D eigenvalue weighted by Gasteiger charge is 2.01. The van der Waals surface area contributed by atoms with Gasteiger partial charge in [-0.1, -0.05) is 77.1 Å². The zero-order chi connectivity index (χ0) is 17.9. The monoisotopic (exact) mass is 338 g/mol. The Bertz CT molecular complexity index is 345. The zero-order valence-corrected chi connectivity index (χ0v) is 15.5. The Hall–Kier alpha value is -1.50. The average molecular weight is 338 g/mol. The number of ether oxygens (including phenoxy) is 2. The molecule has 0 N–H and O–H groups in total. The first kappa shape index (κ1) is 22.5. The van der Waals surface area contributed by atoms with Gasteiger partial charge in [0.25, 0.3) is 0 Å². The molecule has 0 aromatic carbocycles. The van der Waals surface area contributed by atoms with E-state index < -0.39 is 0 Å². The molecule has 0 radical (unpaired) electrons. The number of carbonyl (C=O) groups is 2. The van der Waals surface area contributed by atoms with Crippen LogP contribution in [0, 0.1) is 11.8 Å². The van der Waals surface area contributed by atoms with Crippen LogP contribution >= 0.6 is 0 Å². The van der Waals surface area contributed by atoms with Gasteiger partial charge in [-0.2, -0.15) is 0 Å². The van der Waals surface area contributed by atoms with Crippen molar-refractivity contribution in [3.8, 4) is 11.8 Å². The Morgan fingerprint density at radius 1 is 0.625 bits per heavy atom. The maximum Gasteiger partial charge on any atom is 0.317 e. The average Bonchev–Trinajstić information content (AvgIpc) is 2.58. The summed E-state index contributed by atoms with van der Waals surface area (Å²) in [5, 5.41) is 0. The van der Waals surface area contributed by atoms with E-state index in [0.29, 0.717) is 13.2 Å². The predicted octanol–water partition coefficient (Wildman–Crippen LogP) is 4.80. The molecule has 0 amide bonds. The van der Waals surface area contributed by atoms with E-state index in [2.05, 4.69) is 25.7 Å². The quantitative estimate of drug-likeness (QED) is 0.259. The van der Waals surface area contributed by atoms with Crippen molar-refractivity contribution in [1.82, 2.24) is 0 Å². The van der Waals surface area contributed by atoms with Crippen molar-refractivity contribution >= 4 is 11.9 Å². The van der Waals surface area contributed by atoms with E-state index in [9.17, 15) is 9.59 Å². The molecule has 0 saturated heterocycles. The van der Waals surface area contributed by atoms with E-state index in [1.165, 1.54) is 38.5 Å². The standard InChI is InChI=1S/C20H34O4/c1-3-5-7-9-13-17-23-19(21)15-11-12-16-20(22)24-18-14-10-8-6-4-2/h3-10,13-18H2,1-2H3. The highest BCUT2D eigenvalue weighted by atomic mass is 16.5. The van der Waals surface area contributed by atoms with Gasteiger partial charge in [0.05, 0.1) is 13.2 Å². The van der Waals surface area contributed by atoms with Gasteiger partial charge in [0.1, 0.15) is 12.8 Å². The van der Waals surface area contributed by atoms with Gasteiger partial charge in [-0.25, -0.2) is 0 Å². The summed E-state index contributed by atoms with van der Waals surface area (Å²) < 4.78 is 10.2. The van der Waals surface area contributed by atoms with Crippen LogP contribution in [-0.2, 0) is 19.1 Å². The van der Waals surface area contributed by atoms with Crippen LogP contribution in [0.5, 0.6) is 0 Å². The van der Waals surface area contributed by atoms with Gasteiger partial charge in [-0.15, -0.1) is 0 Å². The summed E-state index contributed by atoms with van der Waals surface area (Å²) in [6.07, 6.45) is 11.3. The SMILES string of the molecule is CCCCCCCOC(=O)CC#CCC(=O)OCCCCCCC. The summed E-state index contributed by atoms with van der Waals surface area (Å²) in [5.41, 5.74) is 0. The molecule has 0 aliphatic carbocycles. The summed E-state index contributed by atoms with van der Waals surface area (Å²) in [6.45, 7) is 5.26. The van der Waals surface area contributed by atoms with Crippen molar-refractivity contribution in [2.45, 2.75) is 90.9 Å². The number of carbonyl (C=O) groups excluding carboxylic acids is 2. The lowest BCUT2D eigenvalue weighted by molar-refractivity contribution is -0.143. The molecule has 0 aliphatic heterocycles. The normalized spacial score (nSPS) is 9.92. The molecular weight excluding hydrogens is 304 g/mol. The van der Waals surface area contributed by atoms with Crippen molar-refractivity contribution in [3.05, 3.63) is 0 Å². The van der Waals surface area contributed by atoms with Crippen molar-refractivity contribution in [1.29, 1.82) is 0 Å². The van der Waals surface area contributed by atoms with Crippen molar-refractivity contribution in [2.24, 2.45) is 0 Å². The maximum atomic E-state index is 11.4. The molecule has 0 atom stereocenters. The number of esters is 2. The Balaban J connectivity index is 3.50. The molecular formula is C20H34O4. The van der Waals surface area contributed by atoms with Gasteiger partial charge in [-0.3, -0.25) is 9.59 Å². The van der Waals surface area contributed by atoms with E-state index in [4.69, 9.17) is 9.47 Å². The van der Waals surface area contributed by atoms with Crippen molar-refractivity contribution in [2.75, 3.05) is 13.2 Å². The molecule has 0 aromatic rings. The first-order valence-electron chi connectivity index (χ1n) is 9.47. The molecule has 138 valence electrons. The summed E-state index contributed by atoms with van der Waals surface area (Å²) in [4.78, 5) is 22.9. The molecule has 0 saturated carbocycles. The highest BCUT2D eigenvalue weighted by molar-refractivity contribution is 5.74.